The zero-order valence-corrected chi connectivity index (χ0v) is 14.8. The number of hydrogen-bond donors (Lipinski definition) is 3. The van der Waals surface area contributed by atoms with Gasteiger partial charge < -0.3 is 10.3 Å². The van der Waals surface area contributed by atoms with E-state index < -0.39 is 0 Å². The number of nitrogens with one attached hydrogen (secondary N) is 3. The first kappa shape index (κ1) is 16.1. The molecule has 0 fully saturated rings. The number of anilines is 1. The largest absolute Gasteiger partial charge is 0.337 e. The molecule has 0 aliphatic rings. The van der Waals surface area contributed by atoms with E-state index in [0.29, 0.717) is 22.8 Å². The number of carbonyl (C=O) groups is 1. The van der Waals surface area contributed by atoms with Crippen molar-refractivity contribution in [3.63, 3.8) is 0 Å². The second-order valence-corrected chi connectivity index (χ2v) is 6.52. The molecule has 0 aliphatic carbocycles. The minimum absolute atomic E-state index is 0.185. The van der Waals surface area contributed by atoms with Crippen LogP contribution in [0.5, 0.6) is 0 Å². The molecule has 26 heavy (non-hydrogen) atoms. The van der Waals surface area contributed by atoms with Crippen LogP contribution in [-0.4, -0.2) is 26.1 Å². The van der Waals surface area contributed by atoms with Crippen LogP contribution in [0.2, 0.25) is 0 Å². The fourth-order valence-corrected chi connectivity index (χ4v) is 2.85. The third-order valence-electron chi connectivity index (χ3n) is 4.54. The molecule has 0 unspecified atom stereocenters. The predicted molar refractivity (Wildman–Crippen MR) is 102 cm³/mol. The number of nitrogens with zero attached hydrogens (tertiary/aromatic N) is 2. The number of aryl methyl sites for hydroxylation is 3. The molecule has 0 radical (unpaired) electrons. The minimum Gasteiger partial charge on any atom is -0.337 e. The summed E-state index contributed by atoms with van der Waals surface area (Å²) in [7, 11) is 0. The zero-order chi connectivity index (χ0) is 18.3. The Hall–Kier alpha value is -3.41. The van der Waals surface area contributed by atoms with Crippen LogP contribution < -0.4 is 5.32 Å². The summed E-state index contributed by atoms with van der Waals surface area (Å²) in [5, 5.41) is 9.88. The summed E-state index contributed by atoms with van der Waals surface area (Å²) in [6.07, 6.45) is 1.59. The van der Waals surface area contributed by atoms with Crippen LogP contribution in [0.25, 0.3) is 22.6 Å². The number of aromatic amines is 2. The number of carbonyl (C=O) groups excluding carboxylic acids is 1. The highest BCUT2D eigenvalue weighted by molar-refractivity contribution is 6.05. The van der Waals surface area contributed by atoms with Crippen LogP contribution in [0.15, 0.2) is 42.6 Å². The highest BCUT2D eigenvalue weighted by Gasteiger charge is 2.15. The first-order valence-electron chi connectivity index (χ1n) is 8.40. The van der Waals surface area contributed by atoms with Gasteiger partial charge in [0.05, 0.1) is 22.9 Å². The highest BCUT2D eigenvalue weighted by Crippen LogP contribution is 2.27. The van der Waals surface area contributed by atoms with E-state index in [-0.39, 0.29) is 5.91 Å². The molecular weight excluding hydrogens is 326 g/mol. The maximum atomic E-state index is 12.5. The number of imidazole rings is 1. The Bertz CT molecular complexity index is 1070. The van der Waals surface area contributed by atoms with Crippen molar-refractivity contribution in [1.82, 2.24) is 20.2 Å². The van der Waals surface area contributed by atoms with Gasteiger partial charge in [0, 0.05) is 5.56 Å². The lowest BCUT2D eigenvalue weighted by Gasteiger charge is -2.05. The van der Waals surface area contributed by atoms with E-state index in [1.807, 2.05) is 25.1 Å². The maximum Gasteiger partial charge on any atom is 0.255 e. The zero-order valence-electron chi connectivity index (χ0n) is 14.8. The van der Waals surface area contributed by atoms with Gasteiger partial charge in [-0.05, 0) is 56.2 Å². The molecule has 4 aromatic rings. The van der Waals surface area contributed by atoms with Crippen molar-refractivity contribution >= 4 is 22.6 Å². The molecule has 6 heteroatoms. The fraction of sp³-hybridized carbons (Fsp3) is 0.150. The van der Waals surface area contributed by atoms with Crippen molar-refractivity contribution in [3.8, 4) is 11.5 Å². The average Bonchev–Trinajstić information content (AvgIpc) is 3.22. The van der Waals surface area contributed by atoms with Gasteiger partial charge in [0.1, 0.15) is 5.69 Å². The third kappa shape index (κ3) is 2.86. The molecule has 2 aromatic carbocycles. The van der Waals surface area contributed by atoms with Crippen LogP contribution in [0, 0.1) is 20.8 Å². The lowest BCUT2D eigenvalue weighted by atomic mass is 10.1. The summed E-state index contributed by atoms with van der Waals surface area (Å²) in [4.78, 5) is 20.4. The minimum atomic E-state index is -0.185. The summed E-state index contributed by atoms with van der Waals surface area (Å²) in [6, 6.07) is 11.5. The van der Waals surface area contributed by atoms with Gasteiger partial charge in [0.25, 0.3) is 5.91 Å². The number of benzene rings is 2. The van der Waals surface area contributed by atoms with Gasteiger partial charge in [0.15, 0.2) is 5.82 Å². The Morgan fingerprint density at radius 1 is 1.04 bits per heavy atom. The summed E-state index contributed by atoms with van der Waals surface area (Å²) in [5.41, 5.74) is 7.16. The molecule has 0 spiro atoms. The number of aromatic nitrogens is 4. The number of H-pyrrole nitrogens is 2. The Morgan fingerprint density at radius 3 is 2.54 bits per heavy atom. The average molecular weight is 345 g/mol. The van der Waals surface area contributed by atoms with Gasteiger partial charge >= 0.3 is 0 Å². The van der Waals surface area contributed by atoms with E-state index >= 15 is 0 Å². The molecular formula is C20H19N5O. The van der Waals surface area contributed by atoms with Crippen molar-refractivity contribution in [3.05, 3.63) is 64.8 Å². The Balaban J connectivity index is 1.66. The Labute approximate surface area is 150 Å². The van der Waals surface area contributed by atoms with Crippen molar-refractivity contribution in [2.45, 2.75) is 20.8 Å². The first-order valence-corrected chi connectivity index (χ1v) is 8.40. The van der Waals surface area contributed by atoms with E-state index in [1.54, 1.807) is 18.3 Å². The van der Waals surface area contributed by atoms with Gasteiger partial charge in [-0.15, -0.1) is 0 Å². The second kappa shape index (κ2) is 6.15. The molecule has 1 amide bonds. The Kier molecular flexibility index (Phi) is 3.80. The fourth-order valence-electron chi connectivity index (χ4n) is 2.85. The van der Waals surface area contributed by atoms with Crippen molar-refractivity contribution in [1.29, 1.82) is 0 Å². The van der Waals surface area contributed by atoms with E-state index in [4.69, 9.17) is 0 Å². The summed E-state index contributed by atoms with van der Waals surface area (Å²) >= 11 is 0. The first-order chi connectivity index (χ1) is 12.5. The Morgan fingerprint density at radius 2 is 1.77 bits per heavy atom. The van der Waals surface area contributed by atoms with E-state index in [9.17, 15) is 4.79 Å². The molecule has 6 nitrogen and oxygen atoms in total. The molecule has 2 heterocycles. The van der Waals surface area contributed by atoms with Gasteiger partial charge in [0.2, 0.25) is 0 Å². The number of amides is 1. The molecule has 0 saturated carbocycles. The smallest absolute Gasteiger partial charge is 0.255 e. The monoisotopic (exact) mass is 345 g/mol. The normalized spacial score (nSPS) is 11.0. The number of fused-ring (bicyclic) bond motifs is 1. The van der Waals surface area contributed by atoms with E-state index in [0.717, 1.165) is 16.6 Å². The second-order valence-electron chi connectivity index (χ2n) is 6.52. The van der Waals surface area contributed by atoms with E-state index in [1.165, 1.54) is 11.1 Å². The lowest BCUT2D eigenvalue weighted by Crippen LogP contribution is -2.12. The predicted octanol–water partition coefficient (Wildman–Crippen LogP) is 4.13. The van der Waals surface area contributed by atoms with Crippen LogP contribution in [0.1, 0.15) is 27.0 Å². The summed E-state index contributed by atoms with van der Waals surface area (Å²) in [6.45, 7) is 6.12. The molecule has 0 saturated heterocycles. The number of hydrogen-bond acceptors (Lipinski definition) is 3. The third-order valence-corrected chi connectivity index (χ3v) is 4.54. The molecule has 3 N–H and O–H groups in total. The molecule has 0 atom stereocenters. The van der Waals surface area contributed by atoms with Crippen LogP contribution in [0.4, 0.5) is 5.69 Å². The van der Waals surface area contributed by atoms with Crippen LogP contribution >= 0.6 is 0 Å². The van der Waals surface area contributed by atoms with Crippen LogP contribution in [-0.2, 0) is 0 Å². The van der Waals surface area contributed by atoms with Gasteiger partial charge in [-0.25, -0.2) is 4.98 Å². The SMILES string of the molecule is Cc1ccc(C(=O)Nc2cn[nH]c2-c2nc3cc(C)c(C)cc3[nH]2)cc1. The van der Waals surface area contributed by atoms with Gasteiger partial charge in [-0.3, -0.25) is 9.89 Å². The standard InChI is InChI=1S/C20H19N5O/c1-11-4-6-14(7-5-11)20(26)24-17-10-21-25-18(17)19-22-15-8-12(2)13(3)9-16(15)23-19/h4-10H,1-3H3,(H,21,25)(H,22,23)(H,24,26). The molecule has 0 aliphatic heterocycles. The van der Waals surface area contributed by atoms with Crippen LogP contribution in [0.3, 0.4) is 0 Å². The van der Waals surface area contributed by atoms with Gasteiger partial charge in [-0.2, -0.15) is 5.10 Å². The number of rotatable bonds is 3. The quantitative estimate of drug-likeness (QED) is 0.522. The van der Waals surface area contributed by atoms with E-state index in [2.05, 4.69) is 45.4 Å². The van der Waals surface area contributed by atoms with Gasteiger partial charge in [-0.1, -0.05) is 17.7 Å². The summed E-state index contributed by atoms with van der Waals surface area (Å²) < 4.78 is 0. The molecule has 4 rings (SSSR count). The maximum absolute atomic E-state index is 12.5. The molecule has 2 aromatic heterocycles. The lowest BCUT2D eigenvalue weighted by molar-refractivity contribution is 0.102. The molecule has 130 valence electrons. The highest BCUT2D eigenvalue weighted by atomic mass is 16.1. The van der Waals surface area contributed by atoms with Crippen molar-refractivity contribution in [2.24, 2.45) is 0 Å². The molecule has 0 bridgehead atoms. The summed E-state index contributed by atoms with van der Waals surface area (Å²) in [5.74, 6) is 0.456. The van der Waals surface area contributed by atoms with Crippen molar-refractivity contribution in [2.75, 3.05) is 5.32 Å². The topological polar surface area (TPSA) is 86.5 Å². The van der Waals surface area contributed by atoms with Crippen molar-refractivity contribution < 1.29 is 4.79 Å².